The average molecular weight is 354 g/mol. The summed E-state index contributed by atoms with van der Waals surface area (Å²) in [4.78, 5) is 21.9. The van der Waals surface area contributed by atoms with Gasteiger partial charge in [-0.05, 0) is 32.1 Å². The Morgan fingerprint density at radius 2 is 1.96 bits per heavy atom. The predicted molar refractivity (Wildman–Crippen MR) is 88.2 cm³/mol. The Kier molecular flexibility index (Phi) is 4.73. The molecule has 1 amide bonds. The summed E-state index contributed by atoms with van der Waals surface area (Å²) in [6, 6.07) is -0.0435. The molecule has 1 unspecified atom stereocenters. The minimum Gasteiger partial charge on any atom is -0.447 e. The van der Waals surface area contributed by atoms with Crippen LogP contribution < -0.4 is 4.90 Å². The van der Waals surface area contributed by atoms with E-state index in [9.17, 15) is 13.2 Å². The minimum atomic E-state index is -3.09. The van der Waals surface area contributed by atoms with Crippen LogP contribution in [-0.4, -0.2) is 60.8 Å². The van der Waals surface area contributed by atoms with Crippen molar-refractivity contribution in [3.05, 3.63) is 18.1 Å². The first kappa shape index (κ1) is 17.1. The fourth-order valence-electron chi connectivity index (χ4n) is 3.15. The van der Waals surface area contributed by atoms with Crippen LogP contribution in [0.5, 0.6) is 0 Å². The number of nitrogens with zero attached hydrogens (tertiary/aromatic N) is 4. The van der Waals surface area contributed by atoms with Crippen molar-refractivity contribution in [1.82, 2.24) is 14.3 Å². The predicted octanol–water partition coefficient (Wildman–Crippen LogP) is 1.04. The van der Waals surface area contributed by atoms with Crippen molar-refractivity contribution < 1.29 is 17.9 Å². The quantitative estimate of drug-likeness (QED) is 0.802. The standard InChI is InChI=1S/C15H22N4O4S/c1-11-10-23-15(20)19(11)14-9-16-13(8-17-14)7-12-3-5-18(6-4-12)24(2,21)22/h8-9,11-12H,3-7,10H2,1-2H3. The highest BCUT2D eigenvalue weighted by Crippen LogP contribution is 2.24. The summed E-state index contributed by atoms with van der Waals surface area (Å²) in [7, 11) is -3.09. The first-order valence-corrected chi connectivity index (χ1v) is 9.91. The molecule has 2 saturated heterocycles. The van der Waals surface area contributed by atoms with Crippen molar-refractivity contribution in [2.24, 2.45) is 5.92 Å². The second-order valence-electron chi connectivity index (χ2n) is 6.47. The van der Waals surface area contributed by atoms with Gasteiger partial charge in [0.1, 0.15) is 6.61 Å². The molecule has 0 radical (unpaired) electrons. The summed E-state index contributed by atoms with van der Waals surface area (Å²) < 4.78 is 29.6. The third kappa shape index (κ3) is 3.67. The smallest absolute Gasteiger partial charge is 0.415 e. The first-order valence-electron chi connectivity index (χ1n) is 8.06. The van der Waals surface area contributed by atoms with Gasteiger partial charge in [-0.1, -0.05) is 0 Å². The molecule has 2 fully saturated rings. The van der Waals surface area contributed by atoms with Gasteiger partial charge in [-0.2, -0.15) is 0 Å². The number of cyclic esters (lactones) is 1. The van der Waals surface area contributed by atoms with Crippen LogP contribution in [0.25, 0.3) is 0 Å². The third-order valence-corrected chi connectivity index (χ3v) is 5.87. The normalized spacial score (nSPS) is 23.5. The Hall–Kier alpha value is -1.74. The second-order valence-corrected chi connectivity index (χ2v) is 8.45. The van der Waals surface area contributed by atoms with E-state index in [0.717, 1.165) is 25.0 Å². The zero-order valence-corrected chi connectivity index (χ0v) is 14.7. The van der Waals surface area contributed by atoms with Crippen molar-refractivity contribution in [2.75, 3.05) is 30.9 Å². The number of rotatable bonds is 4. The molecule has 0 aliphatic carbocycles. The molecule has 24 heavy (non-hydrogen) atoms. The average Bonchev–Trinajstić information content (AvgIpc) is 2.87. The van der Waals surface area contributed by atoms with E-state index in [1.54, 1.807) is 12.4 Å². The molecule has 2 aliphatic heterocycles. The topological polar surface area (TPSA) is 92.7 Å². The van der Waals surface area contributed by atoms with Gasteiger partial charge in [-0.3, -0.25) is 9.88 Å². The van der Waals surface area contributed by atoms with E-state index in [4.69, 9.17) is 4.74 Å². The summed E-state index contributed by atoms with van der Waals surface area (Å²) in [5.74, 6) is 0.902. The Bertz CT molecular complexity index is 699. The van der Waals surface area contributed by atoms with Crippen molar-refractivity contribution in [3.63, 3.8) is 0 Å². The summed E-state index contributed by atoms with van der Waals surface area (Å²) in [5, 5.41) is 0. The van der Waals surface area contributed by atoms with E-state index in [0.29, 0.717) is 31.4 Å². The molecule has 8 nitrogen and oxygen atoms in total. The third-order valence-electron chi connectivity index (χ3n) is 4.56. The van der Waals surface area contributed by atoms with Gasteiger partial charge in [0.15, 0.2) is 5.82 Å². The van der Waals surface area contributed by atoms with Crippen LogP contribution in [0.1, 0.15) is 25.5 Å². The summed E-state index contributed by atoms with van der Waals surface area (Å²) in [6.07, 6.45) is 6.57. The molecule has 0 spiro atoms. The molecule has 0 saturated carbocycles. The lowest BCUT2D eigenvalue weighted by Gasteiger charge is -2.30. The molecule has 3 heterocycles. The maximum Gasteiger partial charge on any atom is 0.415 e. The van der Waals surface area contributed by atoms with Crippen molar-refractivity contribution in [2.45, 2.75) is 32.2 Å². The fraction of sp³-hybridized carbons (Fsp3) is 0.667. The van der Waals surface area contributed by atoms with E-state index in [-0.39, 0.29) is 6.04 Å². The van der Waals surface area contributed by atoms with Gasteiger partial charge < -0.3 is 4.74 Å². The van der Waals surface area contributed by atoms with Crippen LogP contribution in [0.15, 0.2) is 12.4 Å². The monoisotopic (exact) mass is 354 g/mol. The molecule has 3 rings (SSSR count). The van der Waals surface area contributed by atoms with E-state index in [2.05, 4.69) is 9.97 Å². The van der Waals surface area contributed by atoms with Crippen molar-refractivity contribution in [1.29, 1.82) is 0 Å². The number of carbonyl (C=O) groups is 1. The van der Waals surface area contributed by atoms with Crippen molar-refractivity contribution >= 4 is 21.9 Å². The second kappa shape index (κ2) is 6.64. The van der Waals surface area contributed by atoms with Crippen LogP contribution in [0.3, 0.4) is 0 Å². The molecule has 1 aromatic rings. The molecule has 0 aromatic carbocycles. The maximum atomic E-state index is 11.7. The van der Waals surface area contributed by atoms with Crippen LogP contribution in [0.2, 0.25) is 0 Å². The Morgan fingerprint density at radius 1 is 1.25 bits per heavy atom. The van der Waals surface area contributed by atoms with Crippen LogP contribution in [0, 0.1) is 5.92 Å². The van der Waals surface area contributed by atoms with Gasteiger partial charge >= 0.3 is 6.09 Å². The fourth-order valence-corrected chi connectivity index (χ4v) is 4.03. The van der Waals surface area contributed by atoms with E-state index >= 15 is 0 Å². The zero-order chi connectivity index (χ0) is 17.3. The lowest BCUT2D eigenvalue weighted by molar-refractivity contribution is 0.179. The number of hydrogen-bond donors (Lipinski definition) is 0. The van der Waals surface area contributed by atoms with Gasteiger partial charge in [0.25, 0.3) is 0 Å². The van der Waals surface area contributed by atoms with E-state index in [1.165, 1.54) is 15.5 Å². The number of aromatic nitrogens is 2. The summed E-state index contributed by atoms with van der Waals surface area (Å²) in [5.41, 5.74) is 0.858. The van der Waals surface area contributed by atoms with Gasteiger partial charge in [-0.15, -0.1) is 0 Å². The number of ether oxygens (including phenoxy) is 1. The highest BCUT2D eigenvalue weighted by Gasteiger charge is 2.32. The maximum absolute atomic E-state index is 11.7. The molecule has 1 atom stereocenters. The van der Waals surface area contributed by atoms with Gasteiger partial charge in [0.2, 0.25) is 10.0 Å². The van der Waals surface area contributed by atoms with E-state index in [1.807, 2.05) is 6.92 Å². The van der Waals surface area contributed by atoms with Crippen molar-refractivity contribution in [3.8, 4) is 0 Å². The number of amides is 1. The summed E-state index contributed by atoms with van der Waals surface area (Å²) in [6.45, 7) is 3.38. The molecule has 0 N–H and O–H groups in total. The van der Waals surface area contributed by atoms with Gasteiger partial charge in [0.05, 0.1) is 30.4 Å². The molecule has 132 valence electrons. The minimum absolute atomic E-state index is 0.0435. The Balaban J connectivity index is 1.58. The Morgan fingerprint density at radius 3 is 2.46 bits per heavy atom. The number of anilines is 1. The van der Waals surface area contributed by atoms with Crippen LogP contribution >= 0.6 is 0 Å². The lowest BCUT2D eigenvalue weighted by atomic mass is 9.93. The van der Waals surface area contributed by atoms with Crippen LogP contribution in [-0.2, 0) is 21.2 Å². The molecular weight excluding hydrogens is 332 g/mol. The van der Waals surface area contributed by atoms with Gasteiger partial charge in [0, 0.05) is 13.1 Å². The van der Waals surface area contributed by atoms with E-state index < -0.39 is 16.1 Å². The molecule has 1 aromatic heterocycles. The van der Waals surface area contributed by atoms with Crippen LogP contribution in [0.4, 0.5) is 10.6 Å². The number of hydrogen-bond acceptors (Lipinski definition) is 6. The lowest BCUT2D eigenvalue weighted by Crippen LogP contribution is -2.38. The molecular formula is C15H22N4O4S. The highest BCUT2D eigenvalue weighted by atomic mass is 32.2. The number of piperidine rings is 1. The van der Waals surface area contributed by atoms with Gasteiger partial charge in [-0.25, -0.2) is 22.5 Å². The first-order chi connectivity index (χ1) is 11.3. The Labute approximate surface area is 141 Å². The zero-order valence-electron chi connectivity index (χ0n) is 13.9. The number of sulfonamides is 1. The highest BCUT2D eigenvalue weighted by molar-refractivity contribution is 7.88. The number of carbonyl (C=O) groups excluding carboxylic acids is 1. The largest absolute Gasteiger partial charge is 0.447 e. The molecule has 2 aliphatic rings. The molecule has 0 bridgehead atoms. The molecule has 9 heteroatoms. The SMILES string of the molecule is CC1COC(=O)N1c1cnc(CC2CCN(S(C)(=O)=O)CC2)cn1. The summed E-state index contributed by atoms with van der Waals surface area (Å²) >= 11 is 0.